The lowest BCUT2D eigenvalue weighted by molar-refractivity contribution is -0.935. The summed E-state index contributed by atoms with van der Waals surface area (Å²) in [7, 11) is 0. The van der Waals surface area contributed by atoms with Gasteiger partial charge in [-0.15, -0.1) is 0 Å². The quantitative estimate of drug-likeness (QED) is 0.0501. The summed E-state index contributed by atoms with van der Waals surface area (Å²) in [5.74, 6) is -4.99. The molecule has 3 unspecified atom stereocenters. The average molecular weight is 596 g/mol. The van der Waals surface area contributed by atoms with Gasteiger partial charge in [0.1, 0.15) is 11.8 Å². The highest BCUT2D eigenvalue weighted by molar-refractivity contribution is 5.70. The summed E-state index contributed by atoms with van der Waals surface area (Å²) in [4.78, 5) is 35.8. The van der Waals surface area contributed by atoms with E-state index in [1.165, 1.54) is 70.6 Å². The van der Waals surface area contributed by atoms with E-state index in [1.54, 1.807) is 6.92 Å². The molecule has 0 radical (unpaired) electrons. The number of hydrogen-bond acceptors (Lipinski definition) is 4. The predicted octanol–water partition coefficient (Wildman–Crippen LogP) is 7.62. The molecule has 0 aliphatic heterocycles. The number of rotatable bonds is 30. The first-order chi connectivity index (χ1) is 20.2. The fraction of sp³-hybridized carbons (Fsp3) is 0.857. The van der Waals surface area contributed by atoms with Crippen LogP contribution in [-0.2, 0) is 14.4 Å². The van der Waals surface area contributed by atoms with E-state index in [1.807, 2.05) is 13.8 Å². The van der Waals surface area contributed by atoms with Gasteiger partial charge in [0.2, 0.25) is 0 Å². The van der Waals surface area contributed by atoms with Crippen molar-refractivity contribution in [3.8, 4) is 0 Å². The van der Waals surface area contributed by atoms with Gasteiger partial charge < -0.3 is 24.6 Å². The Bertz CT molecular complexity index is 677. The SMILES string of the molecule is CCCCCCCCCCCCC/C=C/CCCCC[N+](CC(CC)C(=O)[O-])(CC(CC)C(=O)O)CC(CC)C(=O)O. The topological polar surface area (TPSA) is 115 Å². The summed E-state index contributed by atoms with van der Waals surface area (Å²) in [6.45, 7) is 8.99. The molecule has 0 aromatic rings. The number of carbonyl (C=O) groups is 3. The van der Waals surface area contributed by atoms with Crippen molar-refractivity contribution in [2.75, 3.05) is 26.2 Å². The van der Waals surface area contributed by atoms with E-state index in [0.29, 0.717) is 25.8 Å². The van der Waals surface area contributed by atoms with Gasteiger partial charge in [-0.3, -0.25) is 9.59 Å². The molecule has 0 spiro atoms. The largest absolute Gasteiger partial charge is 0.550 e. The van der Waals surface area contributed by atoms with Crippen LogP contribution in [0.4, 0.5) is 0 Å². The number of unbranched alkanes of at least 4 members (excludes halogenated alkanes) is 14. The van der Waals surface area contributed by atoms with E-state index in [0.717, 1.165) is 32.1 Å². The Morgan fingerprint density at radius 3 is 1.29 bits per heavy atom. The van der Waals surface area contributed by atoms with E-state index in [4.69, 9.17) is 0 Å². The number of carbonyl (C=O) groups excluding carboxylic acids is 1. The maximum absolute atomic E-state index is 12.0. The molecular formula is C35H65NO6. The Labute approximate surface area is 257 Å². The molecule has 0 aliphatic rings. The summed E-state index contributed by atoms with van der Waals surface area (Å²) in [5, 5.41) is 31.5. The Balaban J connectivity index is 4.76. The standard InChI is InChI=1S/C35H65NO6/c1-5-9-10-11-12-13-14-15-16-17-18-19-20-21-22-23-24-25-26-36(27-30(6-2)33(37)38,28-31(7-3)34(39)40)29-32(8-4)35(41)42/h20-21,30-32H,5-19,22-29H2,1-4H3,(H2-,37,38,39,40,41,42)/b21-20+. The first-order valence-electron chi connectivity index (χ1n) is 17.3. The van der Waals surface area contributed by atoms with Crippen molar-refractivity contribution in [3.63, 3.8) is 0 Å². The lowest BCUT2D eigenvalue weighted by Crippen LogP contribution is -2.59. The first kappa shape index (κ1) is 40.1. The van der Waals surface area contributed by atoms with Gasteiger partial charge in [-0.05, 0) is 57.8 Å². The molecule has 0 rings (SSSR count). The summed E-state index contributed by atoms with van der Waals surface area (Å²) in [6.07, 6.45) is 25.5. The van der Waals surface area contributed by atoms with E-state index < -0.39 is 35.7 Å². The van der Waals surface area contributed by atoms with Gasteiger partial charge in [-0.1, -0.05) is 104 Å². The third-order valence-corrected chi connectivity index (χ3v) is 8.98. The van der Waals surface area contributed by atoms with Crippen LogP contribution in [0.3, 0.4) is 0 Å². The molecule has 0 amide bonds. The normalized spacial score (nSPS) is 15.3. The maximum Gasteiger partial charge on any atom is 0.312 e. The van der Waals surface area contributed by atoms with Crippen molar-refractivity contribution in [3.05, 3.63) is 12.2 Å². The Morgan fingerprint density at radius 2 is 0.929 bits per heavy atom. The zero-order chi connectivity index (χ0) is 31.6. The number of hydrogen-bond donors (Lipinski definition) is 2. The van der Waals surface area contributed by atoms with Crippen molar-refractivity contribution >= 4 is 17.9 Å². The molecule has 0 saturated heterocycles. The van der Waals surface area contributed by atoms with Gasteiger partial charge in [0.25, 0.3) is 0 Å². The third-order valence-electron chi connectivity index (χ3n) is 8.98. The molecular weight excluding hydrogens is 530 g/mol. The Kier molecular flexibility index (Phi) is 24.4. The van der Waals surface area contributed by atoms with Gasteiger partial charge in [0, 0.05) is 5.92 Å². The lowest BCUT2D eigenvalue weighted by Gasteiger charge is -2.44. The highest BCUT2D eigenvalue weighted by Gasteiger charge is 2.39. The van der Waals surface area contributed by atoms with Crippen LogP contribution in [0, 0.1) is 17.8 Å². The van der Waals surface area contributed by atoms with Crippen LogP contribution in [0.25, 0.3) is 0 Å². The van der Waals surface area contributed by atoms with Crippen LogP contribution in [-0.4, -0.2) is 58.8 Å². The van der Waals surface area contributed by atoms with Crippen molar-refractivity contribution in [2.45, 2.75) is 150 Å². The minimum atomic E-state index is -1.14. The number of nitrogens with zero attached hydrogens (tertiary/aromatic N) is 1. The molecule has 3 atom stereocenters. The molecule has 7 heteroatoms. The minimum absolute atomic E-state index is 0.205. The van der Waals surface area contributed by atoms with Gasteiger partial charge in [-0.2, -0.15) is 0 Å². The summed E-state index contributed by atoms with van der Waals surface area (Å²) in [5.41, 5.74) is 0. The maximum atomic E-state index is 12.0. The lowest BCUT2D eigenvalue weighted by atomic mass is 9.95. The molecule has 0 aromatic heterocycles. The third kappa shape index (κ3) is 19.3. The van der Waals surface area contributed by atoms with Gasteiger partial charge >= 0.3 is 11.9 Å². The second kappa shape index (κ2) is 25.6. The molecule has 0 saturated carbocycles. The first-order valence-corrected chi connectivity index (χ1v) is 17.3. The van der Waals surface area contributed by atoms with Crippen molar-refractivity contribution in [2.24, 2.45) is 17.8 Å². The Hall–Kier alpha value is -1.89. The fourth-order valence-corrected chi connectivity index (χ4v) is 6.08. The second-order valence-electron chi connectivity index (χ2n) is 12.6. The van der Waals surface area contributed by atoms with Crippen LogP contribution in [0.1, 0.15) is 150 Å². The number of carboxylic acids is 3. The van der Waals surface area contributed by atoms with Crippen LogP contribution in [0.5, 0.6) is 0 Å². The van der Waals surface area contributed by atoms with Gasteiger partial charge in [0.05, 0.1) is 32.1 Å². The number of allylic oxidation sites excluding steroid dienone is 2. The molecule has 246 valence electrons. The van der Waals surface area contributed by atoms with Crippen LogP contribution >= 0.6 is 0 Å². The minimum Gasteiger partial charge on any atom is -0.550 e. The summed E-state index contributed by atoms with van der Waals surface area (Å²) in [6, 6.07) is 0. The van der Waals surface area contributed by atoms with E-state index in [-0.39, 0.29) is 24.1 Å². The Morgan fingerprint density at radius 1 is 0.571 bits per heavy atom. The van der Waals surface area contributed by atoms with Crippen LogP contribution in [0.2, 0.25) is 0 Å². The van der Waals surface area contributed by atoms with E-state index >= 15 is 0 Å². The van der Waals surface area contributed by atoms with Gasteiger partial charge in [0.15, 0.2) is 0 Å². The van der Waals surface area contributed by atoms with Crippen molar-refractivity contribution in [1.82, 2.24) is 0 Å². The smallest absolute Gasteiger partial charge is 0.312 e. The second-order valence-corrected chi connectivity index (χ2v) is 12.6. The van der Waals surface area contributed by atoms with Gasteiger partial charge in [-0.25, -0.2) is 0 Å². The monoisotopic (exact) mass is 595 g/mol. The van der Waals surface area contributed by atoms with Crippen LogP contribution < -0.4 is 5.11 Å². The molecule has 42 heavy (non-hydrogen) atoms. The summed E-state index contributed by atoms with van der Waals surface area (Å²) >= 11 is 0. The number of quaternary nitrogens is 1. The molecule has 2 N–H and O–H groups in total. The molecule has 0 aromatic carbocycles. The highest BCUT2D eigenvalue weighted by Crippen LogP contribution is 2.25. The molecule has 0 aliphatic carbocycles. The predicted molar refractivity (Wildman–Crippen MR) is 170 cm³/mol. The van der Waals surface area contributed by atoms with E-state index in [9.17, 15) is 29.7 Å². The molecule has 0 fully saturated rings. The van der Waals surface area contributed by atoms with Crippen molar-refractivity contribution < 1.29 is 34.2 Å². The zero-order valence-corrected chi connectivity index (χ0v) is 27.6. The zero-order valence-electron chi connectivity index (χ0n) is 27.6. The molecule has 0 bridgehead atoms. The fourth-order valence-electron chi connectivity index (χ4n) is 6.08. The van der Waals surface area contributed by atoms with Crippen LogP contribution in [0.15, 0.2) is 12.2 Å². The number of carboxylic acid groups (broad SMARTS) is 3. The van der Waals surface area contributed by atoms with E-state index in [2.05, 4.69) is 19.1 Å². The van der Waals surface area contributed by atoms with Crippen molar-refractivity contribution in [1.29, 1.82) is 0 Å². The molecule has 0 heterocycles. The number of aliphatic carboxylic acids is 3. The molecule has 7 nitrogen and oxygen atoms in total. The average Bonchev–Trinajstić information content (AvgIpc) is 2.96. The summed E-state index contributed by atoms with van der Waals surface area (Å²) < 4.78 is 0.205. The highest BCUT2D eigenvalue weighted by atomic mass is 16.4.